The summed E-state index contributed by atoms with van der Waals surface area (Å²) in [4.78, 5) is 14.2. The summed E-state index contributed by atoms with van der Waals surface area (Å²) >= 11 is 0. The van der Waals surface area contributed by atoms with Crippen molar-refractivity contribution < 1.29 is 22.7 Å². The average molecular weight is 403 g/mol. The Morgan fingerprint density at radius 2 is 2.03 bits per heavy atom. The molecule has 0 atom stereocenters. The summed E-state index contributed by atoms with van der Waals surface area (Å²) in [6.45, 7) is 1.33. The first-order valence-electron chi connectivity index (χ1n) is 9.41. The number of nitrogens with zero attached hydrogens (tertiary/aromatic N) is 3. The lowest BCUT2D eigenvalue weighted by molar-refractivity contribution is -0.138. The summed E-state index contributed by atoms with van der Waals surface area (Å²) in [6, 6.07) is 6.62. The van der Waals surface area contributed by atoms with Gasteiger partial charge in [0.15, 0.2) is 0 Å². The van der Waals surface area contributed by atoms with Gasteiger partial charge in [-0.1, -0.05) is 30.4 Å². The molecule has 0 radical (unpaired) electrons. The zero-order chi connectivity index (χ0) is 20.4. The van der Waals surface area contributed by atoms with Crippen LogP contribution in [0.5, 0.6) is 5.88 Å². The van der Waals surface area contributed by atoms with Gasteiger partial charge in [0.1, 0.15) is 6.61 Å². The van der Waals surface area contributed by atoms with Gasteiger partial charge in [-0.25, -0.2) is 0 Å². The van der Waals surface area contributed by atoms with Crippen LogP contribution in [0.25, 0.3) is 0 Å². The van der Waals surface area contributed by atoms with Crippen LogP contribution in [0, 0.1) is 0 Å². The first-order valence-corrected chi connectivity index (χ1v) is 9.41. The molecule has 1 aromatic heterocycles. The predicted molar refractivity (Wildman–Crippen MR) is 100 cm³/mol. The minimum Gasteiger partial charge on any atom is -0.472 e. The van der Waals surface area contributed by atoms with Crippen LogP contribution in [-0.2, 0) is 19.3 Å². The molecular weight excluding hydrogens is 383 g/mol. The Balaban J connectivity index is 1.46. The summed E-state index contributed by atoms with van der Waals surface area (Å²) in [6.07, 6.45) is 3.49. The van der Waals surface area contributed by atoms with Crippen molar-refractivity contribution in [2.24, 2.45) is 0 Å². The van der Waals surface area contributed by atoms with Crippen LogP contribution in [0.2, 0.25) is 0 Å². The summed E-state index contributed by atoms with van der Waals surface area (Å²) in [7, 11) is 0. The number of alkyl halides is 3. The second-order valence-corrected chi connectivity index (χ2v) is 7.05. The van der Waals surface area contributed by atoms with Crippen LogP contribution in [0.4, 0.5) is 13.2 Å². The summed E-state index contributed by atoms with van der Waals surface area (Å²) in [5.74, 6) is -0.174. The number of allylic oxidation sites excluding steroid dienone is 3. The lowest BCUT2D eigenvalue weighted by Crippen LogP contribution is -2.39. The van der Waals surface area contributed by atoms with Crippen LogP contribution in [-0.4, -0.2) is 33.7 Å². The molecule has 1 aromatic carbocycles. The number of aromatic nitrogens is 2. The van der Waals surface area contributed by atoms with Gasteiger partial charge in [-0.05, 0) is 30.5 Å². The number of halogens is 3. The molecular formula is C21H20F3N3O2. The van der Waals surface area contributed by atoms with Gasteiger partial charge in [0, 0.05) is 12.6 Å². The maximum atomic E-state index is 13.2. The van der Waals surface area contributed by atoms with Crippen LogP contribution in [0.15, 0.2) is 54.1 Å². The van der Waals surface area contributed by atoms with Gasteiger partial charge in [-0.2, -0.15) is 13.2 Å². The SMILES string of the molecule is O=C(c1ccccc1C(F)(F)F)N1CCn2nc(OCC3=CC=CCC3)cc2C1. The number of benzene rings is 1. The van der Waals surface area contributed by atoms with E-state index in [9.17, 15) is 18.0 Å². The van der Waals surface area contributed by atoms with Crippen molar-refractivity contribution in [1.29, 1.82) is 0 Å². The average Bonchev–Trinajstić information content (AvgIpc) is 3.14. The molecule has 0 spiro atoms. The number of hydrogen-bond acceptors (Lipinski definition) is 3. The Kier molecular flexibility index (Phi) is 5.17. The van der Waals surface area contributed by atoms with Crippen molar-refractivity contribution in [2.75, 3.05) is 13.2 Å². The fourth-order valence-corrected chi connectivity index (χ4v) is 3.51. The van der Waals surface area contributed by atoms with E-state index < -0.39 is 17.6 Å². The fraction of sp³-hybridized carbons (Fsp3) is 0.333. The zero-order valence-electron chi connectivity index (χ0n) is 15.7. The van der Waals surface area contributed by atoms with Gasteiger partial charge in [-0.3, -0.25) is 9.48 Å². The highest BCUT2D eigenvalue weighted by Gasteiger charge is 2.36. The van der Waals surface area contributed by atoms with Crippen LogP contribution in [0.3, 0.4) is 0 Å². The molecule has 0 saturated heterocycles. The highest BCUT2D eigenvalue weighted by Crippen LogP contribution is 2.33. The van der Waals surface area contributed by atoms with Gasteiger partial charge in [-0.15, -0.1) is 5.10 Å². The topological polar surface area (TPSA) is 47.4 Å². The number of ether oxygens (including phenoxy) is 1. The molecule has 0 bridgehead atoms. The van der Waals surface area contributed by atoms with Gasteiger partial charge in [0.05, 0.1) is 29.9 Å². The van der Waals surface area contributed by atoms with Crippen LogP contribution >= 0.6 is 0 Å². The van der Waals surface area contributed by atoms with E-state index in [1.54, 1.807) is 10.7 Å². The van der Waals surface area contributed by atoms with E-state index >= 15 is 0 Å². The first-order chi connectivity index (χ1) is 13.9. The van der Waals surface area contributed by atoms with E-state index in [-0.39, 0.29) is 18.7 Å². The Labute approximate surface area is 166 Å². The Morgan fingerprint density at radius 1 is 1.21 bits per heavy atom. The van der Waals surface area contributed by atoms with Crippen molar-refractivity contribution in [3.8, 4) is 5.88 Å². The molecule has 4 rings (SSSR count). The van der Waals surface area contributed by atoms with Crippen molar-refractivity contribution in [1.82, 2.24) is 14.7 Å². The predicted octanol–water partition coefficient (Wildman–Crippen LogP) is 4.21. The minimum absolute atomic E-state index is 0.187. The number of carbonyl (C=O) groups is 1. The molecule has 1 aliphatic carbocycles. The normalized spacial score (nSPS) is 16.4. The molecule has 1 amide bonds. The molecule has 152 valence electrons. The highest BCUT2D eigenvalue weighted by molar-refractivity contribution is 5.96. The molecule has 2 aromatic rings. The van der Waals surface area contributed by atoms with E-state index in [2.05, 4.69) is 11.2 Å². The highest BCUT2D eigenvalue weighted by atomic mass is 19.4. The Hall–Kier alpha value is -3.03. The standard InChI is InChI=1S/C21H20F3N3O2/c22-21(23,24)18-9-5-4-8-17(18)20(28)26-10-11-27-16(13-26)12-19(25-27)29-14-15-6-2-1-3-7-15/h1-2,4-6,8-9,12H,3,7,10-11,13-14H2. The Bertz CT molecular complexity index is 976. The molecule has 2 heterocycles. The fourth-order valence-electron chi connectivity index (χ4n) is 3.51. The van der Waals surface area contributed by atoms with Crippen LogP contribution in [0.1, 0.15) is 34.5 Å². The monoisotopic (exact) mass is 403 g/mol. The Morgan fingerprint density at radius 3 is 2.79 bits per heavy atom. The number of rotatable bonds is 4. The third-order valence-electron chi connectivity index (χ3n) is 5.03. The van der Waals surface area contributed by atoms with E-state index in [0.29, 0.717) is 19.0 Å². The molecule has 0 saturated carbocycles. The summed E-state index contributed by atoms with van der Waals surface area (Å²) in [5, 5.41) is 4.39. The number of hydrogen-bond donors (Lipinski definition) is 0. The molecule has 2 aliphatic rings. The van der Waals surface area contributed by atoms with Crippen molar-refractivity contribution in [3.05, 3.63) is 71.0 Å². The first kappa shape index (κ1) is 19.3. The summed E-state index contributed by atoms with van der Waals surface area (Å²) < 4.78 is 47.2. The third-order valence-corrected chi connectivity index (χ3v) is 5.03. The number of fused-ring (bicyclic) bond motifs is 1. The van der Waals surface area contributed by atoms with Gasteiger partial charge >= 0.3 is 6.18 Å². The van der Waals surface area contributed by atoms with Crippen LogP contribution < -0.4 is 4.74 Å². The lowest BCUT2D eigenvalue weighted by atomic mass is 10.1. The molecule has 29 heavy (non-hydrogen) atoms. The smallest absolute Gasteiger partial charge is 0.417 e. The van der Waals surface area contributed by atoms with Crippen molar-refractivity contribution >= 4 is 5.91 Å². The van der Waals surface area contributed by atoms with E-state index in [0.717, 1.165) is 24.6 Å². The molecule has 5 nitrogen and oxygen atoms in total. The zero-order valence-corrected chi connectivity index (χ0v) is 15.7. The van der Waals surface area contributed by atoms with Gasteiger partial charge in [0.2, 0.25) is 5.88 Å². The largest absolute Gasteiger partial charge is 0.472 e. The number of amides is 1. The van der Waals surface area contributed by atoms with Crippen molar-refractivity contribution in [2.45, 2.75) is 32.1 Å². The third kappa shape index (κ3) is 4.21. The quantitative estimate of drug-likeness (QED) is 0.768. The second-order valence-electron chi connectivity index (χ2n) is 7.05. The van der Waals surface area contributed by atoms with E-state index in [1.165, 1.54) is 28.7 Å². The van der Waals surface area contributed by atoms with E-state index in [1.807, 2.05) is 12.2 Å². The van der Waals surface area contributed by atoms with Gasteiger partial charge in [0.25, 0.3) is 5.91 Å². The lowest BCUT2D eigenvalue weighted by Gasteiger charge is -2.28. The van der Waals surface area contributed by atoms with Crippen molar-refractivity contribution in [3.63, 3.8) is 0 Å². The molecule has 8 heteroatoms. The maximum Gasteiger partial charge on any atom is 0.417 e. The maximum absolute atomic E-state index is 13.2. The molecule has 1 aliphatic heterocycles. The minimum atomic E-state index is -4.58. The van der Waals surface area contributed by atoms with Gasteiger partial charge < -0.3 is 9.64 Å². The summed E-state index contributed by atoms with van der Waals surface area (Å²) in [5.41, 5.74) is 0.672. The van der Waals surface area contributed by atoms with E-state index in [4.69, 9.17) is 4.74 Å². The molecule has 0 unspecified atom stereocenters. The number of carbonyl (C=O) groups excluding carboxylic acids is 1. The second kappa shape index (κ2) is 7.77. The molecule has 0 N–H and O–H groups in total. The molecule has 0 fully saturated rings.